The number of hydrogen-bond acceptors (Lipinski definition) is 4. The molecule has 0 aromatic heterocycles. The van der Waals surface area contributed by atoms with E-state index >= 15 is 0 Å². The van der Waals surface area contributed by atoms with Gasteiger partial charge < -0.3 is 9.47 Å². The summed E-state index contributed by atoms with van der Waals surface area (Å²) in [6, 6.07) is 4.00. The molecule has 0 aliphatic heterocycles. The fraction of sp³-hybridized carbons (Fsp3) is 0.667. The molecular weight excluding hydrogens is 352 g/mol. The lowest BCUT2D eigenvalue weighted by atomic mass is 9.90. The molecular formula is C24H38O4. The molecule has 28 heavy (non-hydrogen) atoms. The summed E-state index contributed by atoms with van der Waals surface area (Å²) >= 11 is 0. The standard InChI is InChI=1S/C24H38O4/c1-5-7-9-11-13-15-19-17-18-20(16-14-12-10-8-6-2)22(24(26)28-4)21(19)23(25)27-3/h17-18H,5-16H2,1-4H3. The molecule has 4 heteroatoms. The Morgan fingerprint density at radius 3 is 1.32 bits per heavy atom. The summed E-state index contributed by atoms with van der Waals surface area (Å²) in [4.78, 5) is 25.1. The van der Waals surface area contributed by atoms with Crippen LogP contribution in [0.3, 0.4) is 0 Å². The summed E-state index contributed by atoms with van der Waals surface area (Å²) < 4.78 is 10.0. The Kier molecular flexibility index (Phi) is 12.3. The molecule has 0 spiro atoms. The van der Waals surface area contributed by atoms with E-state index in [0.717, 1.165) is 49.7 Å². The highest BCUT2D eigenvalue weighted by atomic mass is 16.5. The van der Waals surface area contributed by atoms with Crippen molar-refractivity contribution in [2.24, 2.45) is 0 Å². The molecule has 4 nitrogen and oxygen atoms in total. The predicted octanol–water partition coefficient (Wildman–Crippen LogP) is 6.29. The van der Waals surface area contributed by atoms with Crippen LogP contribution >= 0.6 is 0 Å². The van der Waals surface area contributed by atoms with Gasteiger partial charge in [-0.15, -0.1) is 0 Å². The van der Waals surface area contributed by atoms with Crippen LogP contribution in [0.25, 0.3) is 0 Å². The highest BCUT2D eigenvalue weighted by Crippen LogP contribution is 2.25. The molecule has 0 bridgehead atoms. The number of ether oxygens (including phenoxy) is 2. The molecule has 0 amide bonds. The minimum Gasteiger partial charge on any atom is -0.465 e. The van der Waals surface area contributed by atoms with Gasteiger partial charge in [-0.3, -0.25) is 0 Å². The zero-order chi connectivity index (χ0) is 20.8. The van der Waals surface area contributed by atoms with Crippen molar-refractivity contribution < 1.29 is 19.1 Å². The fourth-order valence-electron chi connectivity index (χ4n) is 3.61. The van der Waals surface area contributed by atoms with Gasteiger partial charge in [-0.1, -0.05) is 77.3 Å². The average molecular weight is 391 g/mol. The van der Waals surface area contributed by atoms with Crippen molar-refractivity contribution in [3.05, 3.63) is 34.4 Å². The second-order valence-corrected chi connectivity index (χ2v) is 7.45. The number of unbranched alkanes of at least 4 members (excludes halogenated alkanes) is 8. The van der Waals surface area contributed by atoms with Gasteiger partial charge in [0.25, 0.3) is 0 Å². The Bertz CT molecular complexity index is 554. The van der Waals surface area contributed by atoms with Gasteiger partial charge in [0.05, 0.1) is 25.3 Å². The maximum atomic E-state index is 12.5. The molecule has 0 aliphatic carbocycles. The van der Waals surface area contributed by atoms with E-state index in [1.54, 1.807) is 0 Å². The second kappa shape index (κ2) is 14.2. The van der Waals surface area contributed by atoms with E-state index in [-0.39, 0.29) is 0 Å². The van der Waals surface area contributed by atoms with Gasteiger partial charge in [0, 0.05) is 0 Å². The lowest BCUT2D eigenvalue weighted by Gasteiger charge is -2.16. The van der Waals surface area contributed by atoms with Gasteiger partial charge in [0.1, 0.15) is 0 Å². The zero-order valence-corrected chi connectivity index (χ0v) is 18.3. The van der Waals surface area contributed by atoms with E-state index in [4.69, 9.17) is 9.47 Å². The first-order valence-electron chi connectivity index (χ1n) is 10.9. The third-order valence-electron chi connectivity index (χ3n) is 5.26. The van der Waals surface area contributed by atoms with E-state index in [2.05, 4.69) is 13.8 Å². The van der Waals surface area contributed by atoms with Crippen molar-refractivity contribution in [1.29, 1.82) is 0 Å². The van der Waals surface area contributed by atoms with Crippen molar-refractivity contribution in [3.63, 3.8) is 0 Å². The quantitative estimate of drug-likeness (QED) is 0.277. The number of benzene rings is 1. The Morgan fingerprint density at radius 1 is 0.643 bits per heavy atom. The first-order valence-corrected chi connectivity index (χ1v) is 10.9. The summed E-state index contributed by atoms with van der Waals surface area (Å²) in [7, 11) is 2.73. The number of hydrogen-bond donors (Lipinski definition) is 0. The second-order valence-electron chi connectivity index (χ2n) is 7.45. The largest absolute Gasteiger partial charge is 0.465 e. The molecule has 0 fully saturated rings. The number of esters is 2. The molecule has 158 valence electrons. The van der Waals surface area contributed by atoms with Gasteiger partial charge in [0.15, 0.2) is 0 Å². The van der Waals surface area contributed by atoms with Crippen molar-refractivity contribution in [3.8, 4) is 0 Å². The fourth-order valence-corrected chi connectivity index (χ4v) is 3.61. The molecule has 0 heterocycles. The summed E-state index contributed by atoms with van der Waals surface area (Å²) in [5.74, 6) is -0.895. The highest BCUT2D eigenvalue weighted by Gasteiger charge is 2.25. The molecule has 0 saturated carbocycles. The zero-order valence-electron chi connectivity index (χ0n) is 18.3. The lowest BCUT2D eigenvalue weighted by molar-refractivity contribution is 0.0553. The van der Waals surface area contributed by atoms with E-state index in [1.165, 1.54) is 52.7 Å². The van der Waals surface area contributed by atoms with E-state index in [0.29, 0.717) is 11.1 Å². The normalized spacial score (nSPS) is 10.7. The van der Waals surface area contributed by atoms with E-state index < -0.39 is 11.9 Å². The first-order chi connectivity index (χ1) is 13.6. The van der Waals surface area contributed by atoms with Gasteiger partial charge >= 0.3 is 11.9 Å². The highest BCUT2D eigenvalue weighted by molar-refractivity contribution is 6.05. The Balaban J connectivity index is 3.06. The van der Waals surface area contributed by atoms with Crippen LogP contribution in [0.15, 0.2) is 12.1 Å². The molecule has 0 saturated heterocycles. The van der Waals surface area contributed by atoms with Crippen molar-refractivity contribution >= 4 is 11.9 Å². The van der Waals surface area contributed by atoms with Crippen LogP contribution in [0, 0.1) is 0 Å². The molecule has 0 aliphatic rings. The number of aryl methyl sites for hydroxylation is 2. The monoisotopic (exact) mass is 390 g/mol. The SMILES string of the molecule is CCCCCCCc1ccc(CCCCCCC)c(C(=O)OC)c1C(=O)OC. The van der Waals surface area contributed by atoms with Crippen LogP contribution in [-0.2, 0) is 22.3 Å². The third-order valence-corrected chi connectivity index (χ3v) is 5.26. The van der Waals surface area contributed by atoms with Gasteiger partial charge in [-0.25, -0.2) is 9.59 Å². The van der Waals surface area contributed by atoms with Gasteiger partial charge in [0.2, 0.25) is 0 Å². The third kappa shape index (κ3) is 7.65. The average Bonchev–Trinajstić information content (AvgIpc) is 2.72. The van der Waals surface area contributed by atoms with Crippen LogP contribution < -0.4 is 0 Å². The number of methoxy groups -OCH3 is 2. The number of rotatable bonds is 14. The van der Waals surface area contributed by atoms with Gasteiger partial charge in [-0.05, 0) is 36.8 Å². The van der Waals surface area contributed by atoms with Crippen LogP contribution in [0.4, 0.5) is 0 Å². The van der Waals surface area contributed by atoms with Crippen molar-refractivity contribution in [2.75, 3.05) is 14.2 Å². The lowest BCUT2D eigenvalue weighted by Crippen LogP contribution is -2.17. The predicted molar refractivity (Wildman–Crippen MR) is 114 cm³/mol. The number of carbonyl (C=O) groups excluding carboxylic acids is 2. The van der Waals surface area contributed by atoms with E-state index in [9.17, 15) is 9.59 Å². The van der Waals surface area contributed by atoms with Crippen LogP contribution in [0.2, 0.25) is 0 Å². The summed E-state index contributed by atoms with van der Waals surface area (Å²) in [5, 5.41) is 0. The summed E-state index contributed by atoms with van der Waals surface area (Å²) in [6.45, 7) is 4.39. The van der Waals surface area contributed by atoms with Crippen molar-refractivity contribution in [2.45, 2.75) is 90.9 Å². The molecule has 1 rings (SSSR count). The maximum absolute atomic E-state index is 12.5. The Hall–Kier alpha value is -1.84. The summed E-state index contributed by atoms with van der Waals surface area (Å²) in [5.41, 5.74) is 2.57. The topological polar surface area (TPSA) is 52.6 Å². The number of carbonyl (C=O) groups is 2. The van der Waals surface area contributed by atoms with Crippen LogP contribution in [-0.4, -0.2) is 26.2 Å². The molecule has 0 unspecified atom stereocenters. The minimum atomic E-state index is -0.447. The van der Waals surface area contributed by atoms with Crippen molar-refractivity contribution in [1.82, 2.24) is 0 Å². The first kappa shape index (κ1) is 24.2. The minimum absolute atomic E-state index is 0.399. The molecule has 0 N–H and O–H groups in total. The summed E-state index contributed by atoms with van der Waals surface area (Å²) in [6.07, 6.45) is 13.1. The molecule has 0 atom stereocenters. The Labute approximate surface area is 171 Å². The molecule has 0 radical (unpaired) electrons. The molecule has 1 aromatic rings. The smallest absolute Gasteiger partial charge is 0.339 e. The Morgan fingerprint density at radius 2 is 1.00 bits per heavy atom. The molecule has 1 aromatic carbocycles. The van der Waals surface area contributed by atoms with Gasteiger partial charge in [-0.2, -0.15) is 0 Å². The van der Waals surface area contributed by atoms with Crippen LogP contribution in [0.1, 0.15) is 110 Å². The van der Waals surface area contributed by atoms with Crippen LogP contribution in [0.5, 0.6) is 0 Å². The maximum Gasteiger partial charge on any atom is 0.339 e. The van der Waals surface area contributed by atoms with E-state index in [1.807, 2.05) is 12.1 Å².